The monoisotopic (exact) mass is 248 g/mol. The van der Waals surface area contributed by atoms with Crippen molar-refractivity contribution in [2.45, 2.75) is 25.3 Å². The highest BCUT2D eigenvalue weighted by Crippen LogP contribution is 2.12. The van der Waals surface area contributed by atoms with Gasteiger partial charge in [0.15, 0.2) is 0 Å². The minimum atomic E-state index is -0.969. The van der Waals surface area contributed by atoms with Gasteiger partial charge >= 0.3 is 5.97 Å². The predicted molar refractivity (Wildman–Crippen MR) is 67.7 cm³/mol. The summed E-state index contributed by atoms with van der Waals surface area (Å²) < 4.78 is 0. The van der Waals surface area contributed by atoms with Gasteiger partial charge in [0.05, 0.1) is 5.56 Å². The molecule has 0 saturated carbocycles. The second-order valence-electron chi connectivity index (χ2n) is 4.43. The lowest BCUT2D eigenvalue weighted by atomic mass is 10.1. The Hall–Kier alpha value is -1.88. The number of carboxylic acids is 1. The van der Waals surface area contributed by atoms with Crippen molar-refractivity contribution in [3.8, 4) is 0 Å². The zero-order chi connectivity index (χ0) is 13.0. The van der Waals surface area contributed by atoms with E-state index in [1.165, 1.54) is 12.1 Å². The topological polar surface area (TPSA) is 78.4 Å². The van der Waals surface area contributed by atoms with Gasteiger partial charge in [0.25, 0.3) is 0 Å². The number of hydrogen-bond acceptors (Lipinski definition) is 3. The van der Waals surface area contributed by atoms with Crippen molar-refractivity contribution in [3.63, 3.8) is 0 Å². The maximum Gasteiger partial charge on any atom is 0.335 e. The van der Waals surface area contributed by atoms with E-state index in [9.17, 15) is 9.59 Å². The molecule has 1 aliphatic heterocycles. The van der Waals surface area contributed by atoms with Gasteiger partial charge in [0.1, 0.15) is 0 Å². The lowest BCUT2D eigenvalue weighted by Gasteiger charge is -2.10. The second kappa shape index (κ2) is 5.64. The minimum Gasteiger partial charge on any atom is -0.478 e. The number of nitrogens with one attached hydrogen (secondary N) is 2. The van der Waals surface area contributed by atoms with Crippen molar-refractivity contribution in [1.82, 2.24) is 5.32 Å². The largest absolute Gasteiger partial charge is 0.478 e. The van der Waals surface area contributed by atoms with E-state index in [0.29, 0.717) is 12.1 Å². The fraction of sp³-hybridized carbons (Fsp3) is 0.385. The summed E-state index contributed by atoms with van der Waals surface area (Å²) in [6, 6.07) is 6.42. The molecule has 1 saturated heterocycles. The van der Waals surface area contributed by atoms with Crippen LogP contribution in [0.4, 0.5) is 5.69 Å². The standard InChI is InChI=1S/C13H16N2O3/c16-12(8-11-2-1-7-14-11)15-10-5-3-9(4-6-10)13(17)18/h3-6,11,14H,1-2,7-8H2,(H,15,16)(H,17,18). The third-order valence-electron chi connectivity index (χ3n) is 3.01. The molecular formula is C13H16N2O3. The van der Waals surface area contributed by atoms with E-state index in [1.807, 2.05) is 0 Å². The first-order valence-corrected chi connectivity index (χ1v) is 6.02. The van der Waals surface area contributed by atoms with Crippen LogP contribution in [0.5, 0.6) is 0 Å². The SMILES string of the molecule is O=C(CC1CCCN1)Nc1ccc(C(=O)O)cc1. The van der Waals surface area contributed by atoms with Gasteiger partial charge < -0.3 is 15.7 Å². The summed E-state index contributed by atoms with van der Waals surface area (Å²) in [7, 11) is 0. The number of carbonyl (C=O) groups is 2. The van der Waals surface area contributed by atoms with Crippen molar-refractivity contribution in [1.29, 1.82) is 0 Å². The van der Waals surface area contributed by atoms with Crippen LogP contribution in [-0.4, -0.2) is 29.6 Å². The van der Waals surface area contributed by atoms with E-state index in [2.05, 4.69) is 10.6 Å². The summed E-state index contributed by atoms with van der Waals surface area (Å²) in [5.74, 6) is -1.01. The fourth-order valence-electron chi connectivity index (χ4n) is 2.06. The molecule has 1 aromatic carbocycles. The van der Waals surface area contributed by atoms with Gasteiger partial charge in [-0.2, -0.15) is 0 Å². The molecule has 5 nitrogen and oxygen atoms in total. The lowest BCUT2D eigenvalue weighted by Crippen LogP contribution is -2.27. The van der Waals surface area contributed by atoms with Gasteiger partial charge in [0.2, 0.25) is 5.91 Å². The minimum absolute atomic E-state index is 0.0440. The van der Waals surface area contributed by atoms with Crippen LogP contribution in [0.3, 0.4) is 0 Å². The Kier molecular flexibility index (Phi) is 3.94. The number of carboxylic acid groups (broad SMARTS) is 1. The normalized spacial score (nSPS) is 18.6. The number of rotatable bonds is 4. The smallest absolute Gasteiger partial charge is 0.335 e. The summed E-state index contributed by atoms with van der Waals surface area (Å²) in [5.41, 5.74) is 0.841. The maximum atomic E-state index is 11.7. The Labute approximate surface area is 105 Å². The number of carbonyl (C=O) groups excluding carboxylic acids is 1. The zero-order valence-electron chi connectivity index (χ0n) is 9.98. The molecule has 0 aliphatic carbocycles. The Morgan fingerprint density at radius 1 is 1.33 bits per heavy atom. The molecule has 1 heterocycles. The molecule has 1 aliphatic rings. The number of hydrogen-bond donors (Lipinski definition) is 3. The molecule has 1 amide bonds. The van der Waals surface area contributed by atoms with E-state index >= 15 is 0 Å². The molecule has 0 radical (unpaired) electrons. The van der Waals surface area contributed by atoms with E-state index in [-0.39, 0.29) is 17.5 Å². The fourth-order valence-corrected chi connectivity index (χ4v) is 2.06. The molecule has 96 valence electrons. The molecule has 0 aromatic heterocycles. The van der Waals surface area contributed by atoms with Crippen LogP contribution in [0, 0.1) is 0 Å². The third kappa shape index (κ3) is 3.30. The average molecular weight is 248 g/mol. The molecule has 1 aromatic rings. The van der Waals surface area contributed by atoms with Crippen LogP contribution in [-0.2, 0) is 4.79 Å². The summed E-state index contributed by atoms with van der Waals surface area (Å²) in [6.07, 6.45) is 2.61. The Morgan fingerprint density at radius 2 is 2.06 bits per heavy atom. The highest BCUT2D eigenvalue weighted by molar-refractivity contribution is 5.92. The zero-order valence-corrected chi connectivity index (χ0v) is 9.98. The highest BCUT2D eigenvalue weighted by atomic mass is 16.4. The Morgan fingerprint density at radius 3 is 2.61 bits per heavy atom. The second-order valence-corrected chi connectivity index (χ2v) is 4.43. The Bertz CT molecular complexity index is 436. The average Bonchev–Trinajstić information content (AvgIpc) is 2.82. The number of anilines is 1. The van der Waals surface area contributed by atoms with Gasteiger partial charge in [-0.15, -0.1) is 0 Å². The van der Waals surface area contributed by atoms with Crippen LogP contribution in [0.1, 0.15) is 29.6 Å². The quantitative estimate of drug-likeness (QED) is 0.754. The molecule has 1 atom stereocenters. The first-order valence-electron chi connectivity index (χ1n) is 6.02. The highest BCUT2D eigenvalue weighted by Gasteiger charge is 2.17. The summed E-state index contributed by atoms with van der Waals surface area (Å²) >= 11 is 0. The molecule has 0 bridgehead atoms. The Balaban J connectivity index is 1.88. The van der Waals surface area contributed by atoms with Gasteiger partial charge in [-0.25, -0.2) is 4.79 Å². The predicted octanol–water partition coefficient (Wildman–Crippen LogP) is 1.47. The molecule has 3 N–H and O–H groups in total. The summed E-state index contributed by atoms with van der Waals surface area (Å²) in [6.45, 7) is 0.977. The first kappa shape index (κ1) is 12.6. The number of aromatic carboxylic acids is 1. The number of benzene rings is 1. The molecule has 18 heavy (non-hydrogen) atoms. The molecule has 0 spiro atoms. The number of amides is 1. The van der Waals surface area contributed by atoms with Crippen molar-refractivity contribution in [2.24, 2.45) is 0 Å². The molecule has 5 heteroatoms. The van der Waals surface area contributed by atoms with Crippen molar-refractivity contribution < 1.29 is 14.7 Å². The molecule has 1 unspecified atom stereocenters. The van der Waals surface area contributed by atoms with Crippen LogP contribution >= 0.6 is 0 Å². The van der Waals surface area contributed by atoms with Crippen LogP contribution in [0.15, 0.2) is 24.3 Å². The van der Waals surface area contributed by atoms with E-state index in [4.69, 9.17) is 5.11 Å². The first-order chi connectivity index (χ1) is 8.65. The summed E-state index contributed by atoms with van der Waals surface area (Å²) in [5, 5.41) is 14.8. The molecule has 1 fully saturated rings. The van der Waals surface area contributed by atoms with E-state index in [0.717, 1.165) is 19.4 Å². The van der Waals surface area contributed by atoms with Gasteiger partial charge in [-0.3, -0.25) is 4.79 Å². The van der Waals surface area contributed by atoms with E-state index < -0.39 is 5.97 Å². The lowest BCUT2D eigenvalue weighted by molar-refractivity contribution is -0.116. The van der Waals surface area contributed by atoms with Gasteiger partial charge in [-0.05, 0) is 43.7 Å². The van der Waals surface area contributed by atoms with Crippen molar-refractivity contribution in [2.75, 3.05) is 11.9 Å². The van der Waals surface area contributed by atoms with Crippen LogP contribution < -0.4 is 10.6 Å². The third-order valence-corrected chi connectivity index (χ3v) is 3.01. The van der Waals surface area contributed by atoms with E-state index in [1.54, 1.807) is 12.1 Å². The van der Waals surface area contributed by atoms with Crippen LogP contribution in [0.25, 0.3) is 0 Å². The maximum absolute atomic E-state index is 11.7. The van der Waals surface area contributed by atoms with Gasteiger partial charge in [0, 0.05) is 18.2 Å². The van der Waals surface area contributed by atoms with Crippen molar-refractivity contribution >= 4 is 17.6 Å². The molecule has 2 rings (SSSR count). The summed E-state index contributed by atoms with van der Waals surface area (Å²) in [4.78, 5) is 22.4. The van der Waals surface area contributed by atoms with Crippen molar-refractivity contribution in [3.05, 3.63) is 29.8 Å². The van der Waals surface area contributed by atoms with Crippen LogP contribution in [0.2, 0.25) is 0 Å². The molecular weight excluding hydrogens is 232 g/mol. The van der Waals surface area contributed by atoms with Gasteiger partial charge in [-0.1, -0.05) is 0 Å².